The summed E-state index contributed by atoms with van der Waals surface area (Å²) in [5.41, 5.74) is 1.65. The highest BCUT2D eigenvalue weighted by atomic mass is 16.6. The zero-order valence-corrected chi connectivity index (χ0v) is 20.3. The highest BCUT2D eigenvalue weighted by Crippen LogP contribution is 2.40. The number of rotatable bonds is 5. The van der Waals surface area contributed by atoms with Gasteiger partial charge in [0.25, 0.3) is 17.2 Å². The van der Waals surface area contributed by atoms with Crippen LogP contribution in [0.25, 0.3) is 0 Å². The van der Waals surface area contributed by atoms with Crippen molar-refractivity contribution in [3.05, 3.63) is 68.1 Å². The SMILES string of the molecule is CCOC(=O)C1CCN(C(=O)c2ccc(N3C[C@H]4C[C@@H](C3)c3cccc(=O)n3C4)c([N+](=O)[O-])c2)CC1. The Labute approximate surface area is 208 Å². The molecule has 2 bridgehead atoms. The Morgan fingerprint density at radius 1 is 1.11 bits per heavy atom. The number of likely N-dealkylation sites (tertiary alicyclic amines) is 1. The molecule has 36 heavy (non-hydrogen) atoms. The molecule has 10 nitrogen and oxygen atoms in total. The number of anilines is 1. The first-order valence-corrected chi connectivity index (χ1v) is 12.5. The normalized spacial score (nSPS) is 21.6. The predicted octanol–water partition coefficient (Wildman–Crippen LogP) is 2.80. The molecule has 0 saturated carbocycles. The quantitative estimate of drug-likeness (QED) is 0.357. The van der Waals surface area contributed by atoms with E-state index < -0.39 is 4.92 Å². The van der Waals surface area contributed by atoms with Crippen molar-refractivity contribution >= 4 is 23.3 Å². The molecule has 3 aliphatic heterocycles. The predicted molar refractivity (Wildman–Crippen MR) is 132 cm³/mol. The van der Waals surface area contributed by atoms with Gasteiger partial charge in [-0.1, -0.05) is 6.07 Å². The number of nitrogens with zero attached hydrogens (tertiary/aromatic N) is 4. The van der Waals surface area contributed by atoms with E-state index in [9.17, 15) is 24.5 Å². The number of carbonyl (C=O) groups is 2. The van der Waals surface area contributed by atoms with Crippen LogP contribution in [-0.4, -0.2) is 59.1 Å². The molecular formula is C26H30N4O6. The minimum Gasteiger partial charge on any atom is -0.466 e. The Morgan fingerprint density at radius 2 is 1.89 bits per heavy atom. The number of piperidine rings is 2. The molecule has 3 aliphatic rings. The maximum atomic E-state index is 13.1. The molecule has 190 valence electrons. The fraction of sp³-hybridized carbons (Fsp3) is 0.500. The highest BCUT2D eigenvalue weighted by molar-refractivity contribution is 5.96. The molecule has 1 amide bonds. The van der Waals surface area contributed by atoms with E-state index in [4.69, 9.17) is 4.74 Å². The third kappa shape index (κ3) is 4.47. The Kier molecular flexibility index (Phi) is 6.51. The molecule has 2 saturated heterocycles. The molecule has 0 aliphatic carbocycles. The van der Waals surface area contributed by atoms with E-state index >= 15 is 0 Å². The van der Waals surface area contributed by atoms with E-state index in [0.717, 1.165) is 12.1 Å². The zero-order valence-electron chi connectivity index (χ0n) is 20.3. The molecule has 5 rings (SSSR count). The second-order valence-electron chi connectivity index (χ2n) is 9.88. The largest absolute Gasteiger partial charge is 0.466 e. The van der Waals surface area contributed by atoms with E-state index in [1.807, 2.05) is 15.5 Å². The summed E-state index contributed by atoms with van der Waals surface area (Å²) >= 11 is 0. The van der Waals surface area contributed by atoms with Crippen molar-refractivity contribution in [3.63, 3.8) is 0 Å². The lowest BCUT2D eigenvalue weighted by Gasteiger charge is -2.43. The van der Waals surface area contributed by atoms with Crippen molar-refractivity contribution in [3.8, 4) is 0 Å². The summed E-state index contributed by atoms with van der Waals surface area (Å²) in [6, 6.07) is 10.0. The lowest BCUT2D eigenvalue weighted by Crippen LogP contribution is -2.47. The van der Waals surface area contributed by atoms with Gasteiger partial charge in [0.1, 0.15) is 5.69 Å². The highest BCUT2D eigenvalue weighted by Gasteiger charge is 2.37. The Hall–Kier alpha value is -3.69. The van der Waals surface area contributed by atoms with Gasteiger partial charge in [-0.25, -0.2) is 0 Å². The van der Waals surface area contributed by atoms with E-state index in [2.05, 4.69) is 0 Å². The van der Waals surface area contributed by atoms with E-state index in [1.54, 1.807) is 36.1 Å². The molecule has 0 spiro atoms. The van der Waals surface area contributed by atoms with Crippen molar-refractivity contribution < 1.29 is 19.2 Å². The van der Waals surface area contributed by atoms with Gasteiger partial charge < -0.3 is 19.1 Å². The first-order valence-electron chi connectivity index (χ1n) is 12.5. The topological polar surface area (TPSA) is 115 Å². The van der Waals surface area contributed by atoms with Gasteiger partial charge in [0.2, 0.25) is 0 Å². The van der Waals surface area contributed by atoms with Crippen LogP contribution in [0.5, 0.6) is 0 Å². The van der Waals surface area contributed by atoms with Crippen LogP contribution in [0.2, 0.25) is 0 Å². The van der Waals surface area contributed by atoms with Gasteiger partial charge in [0, 0.05) is 62.0 Å². The minimum absolute atomic E-state index is 0.00390. The number of fused-ring (bicyclic) bond motifs is 4. The Morgan fingerprint density at radius 3 is 2.61 bits per heavy atom. The Balaban J connectivity index is 1.34. The average Bonchev–Trinajstić information content (AvgIpc) is 2.88. The van der Waals surface area contributed by atoms with Crippen molar-refractivity contribution in [2.75, 3.05) is 37.7 Å². The molecule has 1 aromatic carbocycles. The molecule has 2 fully saturated rings. The van der Waals surface area contributed by atoms with Gasteiger partial charge in [-0.05, 0) is 50.3 Å². The molecular weight excluding hydrogens is 464 g/mol. The van der Waals surface area contributed by atoms with Crippen LogP contribution in [0.15, 0.2) is 41.2 Å². The maximum Gasteiger partial charge on any atom is 0.309 e. The monoisotopic (exact) mass is 494 g/mol. The van der Waals surface area contributed by atoms with Crippen LogP contribution in [0.3, 0.4) is 0 Å². The van der Waals surface area contributed by atoms with Gasteiger partial charge in [-0.15, -0.1) is 0 Å². The molecule has 10 heteroatoms. The molecule has 0 unspecified atom stereocenters. The fourth-order valence-corrected chi connectivity index (χ4v) is 5.92. The lowest BCUT2D eigenvalue weighted by molar-refractivity contribution is -0.384. The van der Waals surface area contributed by atoms with Crippen LogP contribution >= 0.6 is 0 Å². The molecule has 2 aromatic rings. The fourth-order valence-electron chi connectivity index (χ4n) is 5.92. The maximum absolute atomic E-state index is 13.1. The van der Waals surface area contributed by atoms with Crippen molar-refractivity contribution in [2.24, 2.45) is 11.8 Å². The molecule has 0 N–H and O–H groups in total. The summed E-state index contributed by atoms with van der Waals surface area (Å²) in [5, 5.41) is 12.0. The third-order valence-corrected chi connectivity index (χ3v) is 7.64. The van der Waals surface area contributed by atoms with Crippen LogP contribution in [0.4, 0.5) is 11.4 Å². The van der Waals surface area contributed by atoms with Gasteiger partial charge >= 0.3 is 5.97 Å². The summed E-state index contributed by atoms with van der Waals surface area (Å²) < 4.78 is 6.92. The van der Waals surface area contributed by atoms with Crippen LogP contribution in [-0.2, 0) is 16.1 Å². The Bertz CT molecular complexity index is 1250. The summed E-state index contributed by atoms with van der Waals surface area (Å²) in [5.74, 6) is -0.379. The van der Waals surface area contributed by atoms with E-state index in [0.29, 0.717) is 57.9 Å². The molecule has 0 radical (unpaired) electrons. The minimum atomic E-state index is -0.429. The number of ether oxygens (including phenoxy) is 1. The molecule has 4 heterocycles. The second-order valence-corrected chi connectivity index (χ2v) is 9.88. The number of aromatic nitrogens is 1. The van der Waals surface area contributed by atoms with Crippen molar-refractivity contribution in [1.29, 1.82) is 0 Å². The number of nitro benzene ring substituents is 1. The number of carbonyl (C=O) groups excluding carboxylic acids is 2. The number of nitro groups is 1. The van der Waals surface area contributed by atoms with Crippen LogP contribution < -0.4 is 10.5 Å². The summed E-state index contributed by atoms with van der Waals surface area (Å²) in [7, 11) is 0. The number of hydrogen-bond donors (Lipinski definition) is 0. The first kappa shape index (κ1) is 24.0. The average molecular weight is 495 g/mol. The third-order valence-electron chi connectivity index (χ3n) is 7.64. The van der Waals surface area contributed by atoms with Crippen molar-refractivity contribution in [2.45, 2.75) is 38.6 Å². The van der Waals surface area contributed by atoms with Gasteiger partial charge in [0.05, 0.1) is 17.4 Å². The van der Waals surface area contributed by atoms with E-state index in [1.165, 1.54) is 6.07 Å². The number of benzene rings is 1. The van der Waals surface area contributed by atoms with Crippen LogP contribution in [0, 0.1) is 22.0 Å². The summed E-state index contributed by atoms with van der Waals surface area (Å²) in [6.07, 6.45) is 1.99. The molecule has 2 atom stereocenters. The molecule has 1 aromatic heterocycles. The van der Waals surface area contributed by atoms with Crippen molar-refractivity contribution in [1.82, 2.24) is 9.47 Å². The number of esters is 1. The van der Waals surface area contributed by atoms with Crippen LogP contribution in [0.1, 0.15) is 48.2 Å². The smallest absolute Gasteiger partial charge is 0.309 e. The number of amides is 1. The lowest BCUT2D eigenvalue weighted by atomic mass is 9.83. The number of hydrogen-bond acceptors (Lipinski definition) is 7. The van der Waals surface area contributed by atoms with Gasteiger partial charge in [0.15, 0.2) is 0 Å². The first-order chi connectivity index (χ1) is 17.4. The van der Waals surface area contributed by atoms with Gasteiger partial charge in [-0.3, -0.25) is 24.5 Å². The standard InChI is InChI=1S/C26H30N4O6/c1-2-36-26(33)18-8-10-27(11-9-18)25(32)19-6-7-22(23(13-19)30(34)35)28-14-17-12-20(16-28)21-4-3-5-24(31)29(21)15-17/h3-7,13,17-18,20H,2,8-12,14-16H2,1H3/t17-,20+/m1/s1. The van der Waals surface area contributed by atoms with E-state index in [-0.39, 0.29) is 46.4 Å². The van der Waals surface area contributed by atoms with Gasteiger partial charge in [-0.2, -0.15) is 0 Å². The zero-order chi connectivity index (χ0) is 25.4. The second kappa shape index (κ2) is 9.75. The summed E-state index contributed by atoms with van der Waals surface area (Å²) in [4.78, 5) is 52.7. The summed E-state index contributed by atoms with van der Waals surface area (Å²) in [6.45, 7) is 4.72. The number of pyridine rings is 1.